The molecular weight excluding hydrogens is 328 g/mol. The molecule has 0 bridgehead atoms. The maximum atomic E-state index is 11.0. The molecule has 8 heteroatoms. The van der Waals surface area contributed by atoms with Crippen molar-refractivity contribution in [1.82, 2.24) is 0 Å². The van der Waals surface area contributed by atoms with Gasteiger partial charge in [0, 0.05) is 11.5 Å². The normalized spacial score (nSPS) is 10.3. The molecule has 0 aliphatic carbocycles. The van der Waals surface area contributed by atoms with Crippen LogP contribution in [0.15, 0.2) is 21.9 Å². The van der Waals surface area contributed by atoms with Gasteiger partial charge in [0.25, 0.3) is 0 Å². The van der Waals surface area contributed by atoms with Crippen molar-refractivity contribution in [3.8, 4) is 11.5 Å². The van der Waals surface area contributed by atoms with Crippen molar-refractivity contribution in [2.24, 2.45) is 0 Å². The second-order valence-corrected chi connectivity index (χ2v) is 6.41. The molecule has 6 nitrogen and oxygen atoms in total. The molecule has 0 aromatic heterocycles. The Labute approximate surface area is 137 Å². The van der Waals surface area contributed by atoms with Gasteiger partial charge >= 0.3 is 11.9 Å². The molecule has 0 fully saturated rings. The summed E-state index contributed by atoms with van der Waals surface area (Å²) in [5, 5.41) is 19.9. The molecule has 0 aliphatic heterocycles. The third-order valence-electron chi connectivity index (χ3n) is 2.62. The topological polar surface area (TPSA) is 93.1 Å². The number of phenols is 2. The molecule has 0 heterocycles. The van der Waals surface area contributed by atoms with Gasteiger partial charge in [-0.2, -0.15) is 0 Å². The summed E-state index contributed by atoms with van der Waals surface area (Å²) < 4.78 is 9.06. The maximum absolute atomic E-state index is 11.0. The van der Waals surface area contributed by atoms with Gasteiger partial charge in [0.05, 0.1) is 36.9 Å². The molecule has 0 saturated carbocycles. The lowest BCUT2D eigenvalue weighted by atomic mass is 10.3. The molecule has 122 valence electrons. The molecule has 0 spiro atoms. The average molecular weight is 346 g/mol. The smallest absolute Gasteiger partial charge is 0.306 e. The number of carbonyl (C=O) groups is 2. The van der Waals surface area contributed by atoms with E-state index in [4.69, 9.17) is 0 Å². The van der Waals surface area contributed by atoms with Gasteiger partial charge in [-0.05, 0) is 12.1 Å². The Morgan fingerprint density at radius 1 is 0.909 bits per heavy atom. The fraction of sp³-hybridized carbons (Fsp3) is 0.429. The SMILES string of the molecule is COC(=O)CCSc1cc(O)c(SCCC(=O)OC)cc1O. The Hall–Kier alpha value is -1.54. The van der Waals surface area contributed by atoms with Gasteiger partial charge in [-0.3, -0.25) is 9.59 Å². The van der Waals surface area contributed by atoms with Gasteiger partial charge < -0.3 is 19.7 Å². The molecule has 0 atom stereocenters. The molecule has 0 unspecified atom stereocenters. The zero-order valence-electron chi connectivity index (χ0n) is 12.3. The largest absolute Gasteiger partial charge is 0.507 e. The average Bonchev–Trinajstić information content (AvgIpc) is 2.50. The predicted molar refractivity (Wildman–Crippen MR) is 84.5 cm³/mol. The highest BCUT2D eigenvalue weighted by atomic mass is 32.2. The molecule has 1 aromatic rings. The van der Waals surface area contributed by atoms with Crippen LogP contribution in [0.25, 0.3) is 0 Å². The van der Waals surface area contributed by atoms with Crippen molar-refractivity contribution in [3.63, 3.8) is 0 Å². The quantitative estimate of drug-likeness (QED) is 0.421. The van der Waals surface area contributed by atoms with Crippen molar-refractivity contribution < 1.29 is 29.3 Å². The van der Waals surface area contributed by atoms with Crippen LogP contribution in [-0.2, 0) is 19.1 Å². The highest BCUT2D eigenvalue weighted by Gasteiger charge is 2.11. The van der Waals surface area contributed by atoms with Crippen molar-refractivity contribution in [3.05, 3.63) is 12.1 Å². The van der Waals surface area contributed by atoms with Gasteiger partial charge in [0.2, 0.25) is 0 Å². The van der Waals surface area contributed by atoms with Crippen molar-refractivity contribution in [1.29, 1.82) is 0 Å². The fourth-order valence-corrected chi connectivity index (χ4v) is 3.24. The van der Waals surface area contributed by atoms with Crippen LogP contribution >= 0.6 is 23.5 Å². The number of methoxy groups -OCH3 is 2. The summed E-state index contributed by atoms with van der Waals surface area (Å²) in [7, 11) is 2.63. The first kappa shape index (κ1) is 18.5. The van der Waals surface area contributed by atoms with Crippen LogP contribution in [0.1, 0.15) is 12.8 Å². The van der Waals surface area contributed by atoms with E-state index in [1.54, 1.807) is 0 Å². The van der Waals surface area contributed by atoms with E-state index in [1.807, 2.05) is 0 Å². The summed E-state index contributed by atoms with van der Waals surface area (Å²) in [6, 6.07) is 2.88. The molecule has 0 radical (unpaired) electrons. The zero-order chi connectivity index (χ0) is 16.5. The number of aromatic hydroxyl groups is 2. The minimum atomic E-state index is -0.328. The van der Waals surface area contributed by atoms with Gasteiger partial charge in [-0.25, -0.2) is 0 Å². The van der Waals surface area contributed by atoms with Crippen molar-refractivity contribution in [2.75, 3.05) is 25.7 Å². The molecule has 0 amide bonds. The lowest BCUT2D eigenvalue weighted by Crippen LogP contribution is -2.01. The van der Waals surface area contributed by atoms with E-state index in [1.165, 1.54) is 49.9 Å². The Bertz CT molecular complexity index is 485. The third-order valence-corrected chi connectivity index (χ3v) is 4.72. The summed E-state index contributed by atoms with van der Waals surface area (Å²) in [6.45, 7) is 0. The minimum absolute atomic E-state index is 0.0215. The van der Waals surface area contributed by atoms with Crippen LogP contribution < -0.4 is 0 Å². The van der Waals surface area contributed by atoms with Crippen LogP contribution in [0, 0.1) is 0 Å². The molecule has 0 aliphatic rings. The van der Waals surface area contributed by atoms with Crippen LogP contribution in [-0.4, -0.2) is 47.9 Å². The zero-order valence-corrected chi connectivity index (χ0v) is 14.0. The standard InChI is InChI=1S/C14H18O6S2/c1-19-13(17)3-5-21-11-7-10(16)12(8-9(11)15)22-6-4-14(18)20-2/h7-8,15-16H,3-6H2,1-2H3. The van der Waals surface area contributed by atoms with Gasteiger partial charge in [-0.1, -0.05) is 0 Å². The highest BCUT2D eigenvalue weighted by molar-refractivity contribution is 7.99. The number of rotatable bonds is 8. The minimum Gasteiger partial charge on any atom is -0.507 e. The predicted octanol–water partition coefficient (Wildman–Crippen LogP) is 2.41. The Balaban J connectivity index is 2.59. The first-order valence-corrected chi connectivity index (χ1v) is 8.40. The molecule has 0 saturated heterocycles. The lowest BCUT2D eigenvalue weighted by molar-refractivity contribution is -0.141. The second kappa shape index (κ2) is 9.47. The molecule has 1 rings (SSSR count). The van der Waals surface area contributed by atoms with E-state index >= 15 is 0 Å². The number of esters is 2. The van der Waals surface area contributed by atoms with Crippen molar-refractivity contribution >= 4 is 35.5 Å². The van der Waals surface area contributed by atoms with Crippen LogP contribution in [0.5, 0.6) is 11.5 Å². The number of hydrogen-bond donors (Lipinski definition) is 2. The molecular formula is C14H18O6S2. The van der Waals surface area contributed by atoms with E-state index in [2.05, 4.69) is 9.47 Å². The number of ether oxygens (including phenoxy) is 2. The van der Waals surface area contributed by atoms with E-state index < -0.39 is 0 Å². The highest BCUT2D eigenvalue weighted by Crippen LogP contribution is 2.39. The number of hydrogen-bond acceptors (Lipinski definition) is 8. The van der Waals surface area contributed by atoms with Gasteiger partial charge in [-0.15, -0.1) is 23.5 Å². The van der Waals surface area contributed by atoms with Crippen molar-refractivity contribution in [2.45, 2.75) is 22.6 Å². The second-order valence-electron chi connectivity index (χ2n) is 4.14. The number of carbonyl (C=O) groups excluding carboxylic acids is 2. The van der Waals surface area contributed by atoms with E-state index in [0.717, 1.165) is 0 Å². The third kappa shape index (κ3) is 6.07. The van der Waals surface area contributed by atoms with Gasteiger partial charge in [0.15, 0.2) is 0 Å². The lowest BCUT2D eigenvalue weighted by Gasteiger charge is -2.09. The molecule has 22 heavy (non-hydrogen) atoms. The van der Waals surface area contributed by atoms with E-state index in [0.29, 0.717) is 21.3 Å². The van der Waals surface area contributed by atoms with E-state index in [9.17, 15) is 19.8 Å². The summed E-state index contributed by atoms with van der Waals surface area (Å²) >= 11 is 2.50. The molecule has 1 aromatic carbocycles. The number of benzene rings is 1. The first-order chi connectivity index (χ1) is 10.5. The number of phenolic OH excluding ortho intramolecular Hbond substituents is 2. The Kier molecular flexibility index (Phi) is 7.97. The van der Waals surface area contributed by atoms with E-state index in [-0.39, 0.29) is 36.3 Å². The first-order valence-electron chi connectivity index (χ1n) is 6.43. The van der Waals surface area contributed by atoms with Gasteiger partial charge in [0.1, 0.15) is 11.5 Å². The summed E-state index contributed by atoms with van der Waals surface area (Å²) in [5.41, 5.74) is 0. The fourth-order valence-electron chi connectivity index (χ4n) is 1.46. The Morgan fingerprint density at radius 3 is 1.59 bits per heavy atom. The van der Waals surface area contributed by atoms with Crippen LogP contribution in [0.3, 0.4) is 0 Å². The Morgan fingerprint density at radius 2 is 1.27 bits per heavy atom. The summed E-state index contributed by atoms with van der Waals surface area (Å²) in [4.78, 5) is 23.0. The van der Waals surface area contributed by atoms with Crippen LogP contribution in [0.4, 0.5) is 0 Å². The monoisotopic (exact) mass is 346 g/mol. The van der Waals surface area contributed by atoms with Crippen LogP contribution in [0.2, 0.25) is 0 Å². The number of thioether (sulfide) groups is 2. The maximum Gasteiger partial charge on any atom is 0.306 e. The summed E-state index contributed by atoms with van der Waals surface area (Å²) in [6.07, 6.45) is 0.438. The summed E-state index contributed by atoms with van der Waals surface area (Å²) in [5.74, 6) is 0.266. The molecule has 2 N–H and O–H groups in total.